The van der Waals surface area contributed by atoms with Gasteiger partial charge in [0, 0.05) is 29.9 Å². The summed E-state index contributed by atoms with van der Waals surface area (Å²) in [5.74, 6) is 0.138. The number of rotatable bonds is 7. The van der Waals surface area contributed by atoms with E-state index in [9.17, 15) is 18.5 Å². The molecule has 0 spiro atoms. The number of nitrogens with one attached hydrogen (secondary N) is 2. The number of nitro groups is 1. The zero-order valence-electron chi connectivity index (χ0n) is 12.3. The van der Waals surface area contributed by atoms with Crippen LogP contribution in [-0.4, -0.2) is 38.8 Å². The number of hydrogen-bond donors (Lipinski definition) is 2. The fourth-order valence-electron chi connectivity index (χ4n) is 1.80. The molecule has 0 unspecified atom stereocenters. The van der Waals surface area contributed by atoms with Crippen molar-refractivity contribution in [2.45, 2.75) is 19.4 Å². The highest BCUT2D eigenvalue weighted by atomic mass is 32.2. The summed E-state index contributed by atoms with van der Waals surface area (Å²) in [7, 11) is -1.97. The summed E-state index contributed by atoms with van der Waals surface area (Å²) in [4.78, 5) is 10.3. The van der Waals surface area contributed by atoms with Crippen LogP contribution in [-0.2, 0) is 10.0 Å². The Labute approximate surface area is 123 Å². The second-order valence-electron chi connectivity index (χ2n) is 5.26. The van der Waals surface area contributed by atoms with Gasteiger partial charge in [0.2, 0.25) is 10.0 Å². The summed E-state index contributed by atoms with van der Waals surface area (Å²) in [6.07, 6.45) is 1.09. The molecule has 0 fully saturated rings. The van der Waals surface area contributed by atoms with Crippen LogP contribution < -0.4 is 14.8 Å². The molecule has 9 heteroatoms. The number of methoxy groups -OCH3 is 1. The molecule has 0 aromatic heterocycles. The Morgan fingerprint density at radius 2 is 2.00 bits per heavy atom. The largest absolute Gasteiger partial charge is 0.490 e. The van der Waals surface area contributed by atoms with Gasteiger partial charge in [-0.2, -0.15) is 0 Å². The minimum atomic E-state index is -3.32. The van der Waals surface area contributed by atoms with Crippen molar-refractivity contribution in [3.05, 3.63) is 28.3 Å². The summed E-state index contributed by atoms with van der Waals surface area (Å²) >= 11 is 0. The fourth-order valence-corrected chi connectivity index (χ4v) is 2.88. The van der Waals surface area contributed by atoms with Crippen molar-refractivity contribution >= 4 is 21.4 Å². The second kappa shape index (κ2) is 6.27. The number of nitro benzene ring substituents is 1. The van der Waals surface area contributed by atoms with Crippen LogP contribution in [0, 0.1) is 10.1 Å². The Hall–Kier alpha value is -1.87. The van der Waals surface area contributed by atoms with E-state index in [0.29, 0.717) is 12.2 Å². The zero-order valence-corrected chi connectivity index (χ0v) is 13.2. The van der Waals surface area contributed by atoms with E-state index in [1.807, 2.05) is 0 Å². The molecule has 21 heavy (non-hydrogen) atoms. The highest BCUT2D eigenvalue weighted by molar-refractivity contribution is 7.88. The van der Waals surface area contributed by atoms with Crippen molar-refractivity contribution in [3.8, 4) is 5.75 Å². The van der Waals surface area contributed by atoms with Gasteiger partial charge in [0.1, 0.15) is 0 Å². The molecule has 1 aromatic rings. The first-order valence-electron chi connectivity index (χ1n) is 6.09. The molecule has 0 amide bonds. The number of benzene rings is 1. The molecule has 0 bridgehead atoms. The molecule has 118 valence electrons. The predicted molar refractivity (Wildman–Crippen MR) is 80.2 cm³/mol. The molecule has 0 radical (unpaired) electrons. The van der Waals surface area contributed by atoms with Crippen LogP contribution in [0.15, 0.2) is 18.2 Å². The molecule has 2 N–H and O–H groups in total. The third-order valence-electron chi connectivity index (χ3n) is 2.57. The molecule has 0 atom stereocenters. The Kier molecular flexibility index (Phi) is 5.13. The van der Waals surface area contributed by atoms with E-state index in [1.165, 1.54) is 25.3 Å². The van der Waals surface area contributed by atoms with Gasteiger partial charge in [0.15, 0.2) is 5.75 Å². The Morgan fingerprint density at radius 1 is 1.38 bits per heavy atom. The maximum atomic E-state index is 11.2. The lowest BCUT2D eigenvalue weighted by molar-refractivity contribution is -0.385. The molecule has 0 aliphatic rings. The Morgan fingerprint density at radius 3 is 2.48 bits per heavy atom. The van der Waals surface area contributed by atoms with Crippen LogP contribution in [0.5, 0.6) is 5.75 Å². The lowest BCUT2D eigenvalue weighted by atomic mass is 10.1. The molecule has 0 heterocycles. The minimum Gasteiger partial charge on any atom is -0.490 e. The first-order valence-corrected chi connectivity index (χ1v) is 7.98. The van der Waals surface area contributed by atoms with Gasteiger partial charge in [0.05, 0.1) is 18.3 Å². The molecular weight excluding hydrogens is 298 g/mol. The topological polar surface area (TPSA) is 111 Å². The fraction of sp³-hybridized carbons (Fsp3) is 0.500. The lowest BCUT2D eigenvalue weighted by Gasteiger charge is -2.25. The van der Waals surface area contributed by atoms with E-state index in [0.717, 1.165) is 6.26 Å². The van der Waals surface area contributed by atoms with E-state index in [4.69, 9.17) is 4.74 Å². The average Bonchev–Trinajstić information content (AvgIpc) is 2.33. The molecule has 0 aliphatic carbocycles. The maximum Gasteiger partial charge on any atom is 0.311 e. The second-order valence-corrected chi connectivity index (χ2v) is 7.00. The van der Waals surface area contributed by atoms with E-state index >= 15 is 0 Å². The Bertz CT molecular complexity index is 628. The first-order chi connectivity index (χ1) is 9.54. The van der Waals surface area contributed by atoms with E-state index in [2.05, 4.69) is 10.0 Å². The van der Waals surface area contributed by atoms with Crippen molar-refractivity contribution in [3.63, 3.8) is 0 Å². The molecule has 1 rings (SSSR count). The van der Waals surface area contributed by atoms with Crippen LogP contribution in [0.25, 0.3) is 0 Å². The highest BCUT2D eigenvalue weighted by Gasteiger charge is 2.22. The number of ether oxygens (including phenoxy) is 1. The standard InChI is InChI=1S/C12H19N3O5S/c1-12(2,14-21(4,18)19)8-13-9-5-6-10(15(16)17)11(7-9)20-3/h5-7,13-14H,8H2,1-4H3. The highest BCUT2D eigenvalue weighted by Crippen LogP contribution is 2.29. The van der Waals surface area contributed by atoms with Gasteiger partial charge in [-0.3, -0.25) is 10.1 Å². The van der Waals surface area contributed by atoms with Gasteiger partial charge in [-0.25, -0.2) is 13.1 Å². The Balaban J connectivity index is 2.83. The van der Waals surface area contributed by atoms with Crippen molar-refractivity contribution in [2.24, 2.45) is 0 Å². The molecule has 8 nitrogen and oxygen atoms in total. The third kappa shape index (κ3) is 5.56. The number of hydrogen-bond acceptors (Lipinski definition) is 6. The molecular formula is C12H19N3O5S. The molecule has 0 saturated carbocycles. The molecule has 0 saturated heterocycles. The summed E-state index contributed by atoms with van der Waals surface area (Å²) in [6, 6.07) is 4.37. The van der Waals surface area contributed by atoms with Crippen LogP contribution in [0.3, 0.4) is 0 Å². The third-order valence-corrected chi connectivity index (χ3v) is 3.50. The average molecular weight is 317 g/mol. The normalized spacial score (nSPS) is 12.0. The van der Waals surface area contributed by atoms with Crippen molar-refractivity contribution in [2.75, 3.05) is 25.2 Å². The van der Waals surface area contributed by atoms with E-state index in [-0.39, 0.29) is 11.4 Å². The number of anilines is 1. The van der Waals surface area contributed by atoms with Gasteiger partial charge in [-0.1, -0.05) is 0 Å². The van der Waals surface area contributed by atoms with Crippen LogP contribution in [0.1, 0.15) is 13.8 Å². The molecule has 1 aromatic carbocycles. The van der Waals surface area contributed by atoms with Crippen molar-refractivity contribution < 1.29 is 18.1 Å². The summed E-state index contributed by atoms with van der Waals surface area (Å²) in [5.41, 5.74) is -0.236. The number of sulfonamides is 1. The summed E-state index contributed by atoms with van der Waals surface area (Å²) < 4.78 is 29.9. The summed E-state index contributed by atoms with van der Waals surface area (Å²) in [5, 5.41) is 13.8. The van der Waals surface area contributed by atoms with Crippen LogP contribution in [0.4, 0.5) is 11.4 Å². The summed E-state index contributed by atoms with van der Waals surface area (Å²) in [6.45, 7) is 3.76. The lowest BCUT2D eigenvalue weighted by Crippen LogP contribution is -2.47. The van der Waals surface area contributed by atoms with Gasteiger partial charge >= 0.3 is 5.69 Å². The molecule has 0 aliphatic heterocycles. The van der Waals surface area contributed by atoms with Crippen molar-refractivity contribution in [1.29, 1.82) is 0 Å². The first kappa shape index (κ1) is 17.2. The minimum absolute atomic E-state index is 0.128. The van der Waals surface area contributed by atoms with Gasteiger partial charge in [-0.05, 0) is 19.9 Å². The SMILES string of the molecule is COc1cc(NCC(C)(C)NS(C)(=O)=O)ccc1[N+](=O)[O-]. The number of nitrogens with zero attached hydrogens (tertiary/aromatic N) is 1. The van der Waals surface area contributed by atoms with Gasteiger partial charge in [0.25, 0.3) is 0 Å². The zero-order chi connectivity index (χ0) is 16.3. The van der Waals surface area contributed by atoms with Crippen molar-refractivity contribution in [1.82, 2.24) is 4.72 Å². The van der Waals surface area contributed by atoms with E-state index < -0.39 is 20.5 Å². The van der Waals surface area contributed by atoms with Crippen LogP contribution >= 0.6 is 0 Å². The van der Waals surface area contributed by atoms with Crippen LogP contribution in [0.2, 0.25) is 0 Å². The van der Waals surface area contributed by atoms with Gasteiger partial charge < -0.3 is 10.1 Å². The quantitative estimate of drug-likeness (QED) is 0.580. The monoisotopic (exact) mass is 317 g/mol. The van der Waals surface area contributed by atoms with E-state index in [1.54, 1.807) is 13.8 Å². The smallest absolute Gasteiger partial charge is 0.311 e. The van der Waals surface area contributed by atoms with Gasteiger partial charge in [-0.15, -0.1) is 0 Å². The predicted octanol–water partition coefficient (Wildman–Crippen LogP) is 1.34. The maximum absolute atomic E-state index is 11.2.